The highest BCUT2D eigenvalue weighted by molar-refractivity contribution is 5.97. The third kappa shape index (κ3) is 1.77. The number of carbonyl (C=O) groups excluding carboxylic acids is 1. The molecule has 0 radical (unpaired) electrons. The average molecular weight is 219 g/mol. The van der Waals surface area contributed by atoms with E-state index in [1.165, 1.54) is 0 Å². The van der Waals surface area contributed by atoms with Gasteiger partial charge in [0, 0.05) is 23.6 Å². The third-order valence-corrected chi connectivity index (χ3v) is 3.09. The summed E-state index contributed by atoms with van der Waals surface area (Å²) in [6, 6.07) is 5.67. The summed E-state index contributed by atoms with van der Waals surface area (Å²) in [5.41, 5.74) is 1.85. The van der Waals surface area contributed by atoms with Crippen molar-refractivity contribution in [2.75, 3.05) is 13.7 Å². The zero-order valence-electron chi connectivity index (χ0n) is 9.75. The van der Waals surface area contributed by atoms with Crippen LogP contribution in [-0.4, -0.2) is 19.6 Å². The Morgan fingerprint density at radius 1 is 1.50 bits per heavy atom. The lowest BCUT2D eigenvalue weighted by atomic mass is 9.86. The van der Waals surface area contributed by atoms with Crippen LogP contribution in [-0.2, 0) is 0 Å². The van der Waals surface area contributed by atoms with Crippen molar-refractivity contribution in [1.82, 2.24) is 5.32 Å². The topological polar surface area (TPSA) is 38.3 Å². The van der Waals surface area contributed by atoms with Crippen molar-refractivity contribution in [3.05, 3.63) is 29.3 Å². The summed E-state index contributed by atoms with van der Waals surface area (Å²) in [6.45, 7) is 2.88. The molecule has 16 heavy (non-hydrogen) atoms. The number of hydrogen-bond acceptors (Lipinski definition) is 2. The van der Waals surface area contributed by atoms with E-state index in [0.29, 0.717) is 5.92 Å². The van der Waals surface area contributed by atoms with Gasteiger partial charge in [-0.3, -0.25) is 4.79 Å². The van der Waals surface area contributed by atoms with E-state index in [2.05, 4.69) is 12.2 Å². The molecule has 1 aromatic rings. The summed E-state index contributed by atoms with van der Waals surface area (Å²) in [4.78, 5) is 11.7. The number of benzene rings is 1. The van der Waals surface area contributed by atoms with Crippen molar-refractivity contribution in [2.24, 2.45) is 0 Å². The Morgan fingerprint density at radius 3 is 3.00 bits per heavy atom. The van der Waals surface area contributed by atoms with Gasteiger partial charge in [0.25, 0.3) is 5.91 Å². The highest BCUT2D eigenvalue weighted by Crippen LogP contribution is 2.34. The van der Waals surface area contributed by atoms with Crippen LogP contribution in [0.5, 0.6) is 5.75 Å². The predicted molar refractivity (Wildman–Crippen MR) is 63.0 cm³/mol. The van der Waals surface area contributed by atoms with E-state index in [0.717, 1.165) is 36.3 Å². The summed E-state index contributed by atoms with van der Waals surface area (Å²) in [5.74, 6) is 1.24. The van der Waals surface area contributed by atoms with Crippen LogP contribution in [0.25, 0.3) is 0 Å². The Hall–Kier alpha value is -1.51. The van der Waals surface area contributed by atoms with Gasteiger partial charge >= 0.3 is 0 Å². The fraction of sp³-hybridized carbons (Fsp3) is 0.462. The molecule has 1 aliphatic rings. The molecule has 1 N–H and O–H groups in total. The molecule has 86 valence electrons. The Labute approximate surface area is 95.8 Å². The summed E-state index contributed by atoms with van der Waals surface area (Å²) in [6.07, 6.45) is 2.19. The molecule has 3 nitrogen and oxygen atoms in total. The molecular weight excluding hydrogens is 202 g/mol. The summed E-state index contributed by atoms with van der Waals surface area (Å²) in [7, 11) is 1.66. The van der Waals surface area contributed by atoms with Crippen LogP contribution in [0.3, 0.4) is 0 Å². The lowest BCUT2D eigenvalue weighted by molar-refractivity contribution is 0.0938. The van der Waals surface area contributed by atoms with E-state index in [1.807, 2.05) is 18.2 Å². The molecule has 0 spiro atoms. The third-order valence-electron chi connectivity index (χ3n) is 3.09. The van der Waals surface area contributed by atoms with Crippen molar-refractivity contribution in [3.63, 3.8) is 0 Å². The van der Waals surface area contributed by atoms with Gasteiger partial charge in [0.2, 0.25) is 0 Å². The average Bonchev–Trinajstić information content (AvgIpc) is 2.32. The highest BCUT2D eigenvalue weighted by Gasteiger charge is 2.27. The first kappa shape index (κ1) is 11.0. The SMILES string of the molecule is CCCC1CNC(=O)c2cccc(OC)c21. The summed E-state index contributed by atoms with van der Waals surface area (Å²) >= 11 is 0. The van der Waals surface area contributed by atoms with Gasteiger partial charge < -0.3 is 10.1 Å². The highest BCUT2D eigenvalue weighted by atomic mass is 16.5. The summed E-state index contributed by atoms with van der Waals surface area (Å²) in [5, 5.41) is 2.93. The van der Waals surface area contributed by atoms with Crippen molar-refractivity contribution < 1.29 is 9.53 Å². The van der Waals surface area contributed by atoms with E-state index < -0.39 is 0 Å². The molecule has 1 atom stereocenters. The van der Waals surface area contributed by atoms with Crippen LogP contribution >= 0.6 is 0 Å². The Bertz CT molecular complexity index is 401. The molecule has 2 rings (SSSR count). The second-order valence-corrected chi connectivity index (χ2v) is 4.12. The monoisotopic (exact) mass is 219 g/mol. The number of ether oxygens (including phenoxy) is 1. The molecule has 0 saturated heterocycles. The molecule has 0 fully saturated rings. The first-order chi connectivity index (χ1) is 7.77. The van der Waals surface area contributed by atoms with E-state index >= 15 is 0 Å². The molecular formula is C13H17NO2. The maximum atomic E-state index is 11.7. The Kier molecular flexibility index (Phi) is 3.13. The normalized spacial score (nSPS) is 18.9. The van der Waals surface area contributed by atoms with Crippen LogP contribution in [0, 0.1) is 0 Å². The Morgan fingerprint density at radius 2 is 2.31 bits per heavy atom. The molecule has 0 saturated carbocycles. The van der Waals surface area contributed by atoms with Crippen LogP contribution in [0.1, 0.15) is 41.6 Å². The van der Waals surface area contributed by atoms with Crippen molar-refractivity contribution in [2.45, 2.75) is 25.7 Å². The Balaban J connectivity index is 2.48. The van der Waals surface area contributed by atoms with Gasteiger partial charge in [-0.15, -0.1) is 0 Å². The van der Waals surface area contributed by atoms with Gasteiger partial charge in [-0.2, -0.15) is 0 Å². The molecule has 0 aromatic heterocycles. The number of hydrogen-bond donors (Lipinski definition) is 1. The van der Waals surface area contributed by atoms with E-state index in [4.69, 9.17) is 4.74 Å². The molecule has 1 aromatic carbocycles. The molecule has 1 amide bonds. The summed E-state index contributed by atoms with van der Waals surface area (Å²) < 4.78 is 5.36. The number of fused-ring (bicyclic) bond motifs is 1. The minimum absolute atomic E-state index is 0.0150. The molecule has 1 heterocycles. The molecule has 1 unspecified atom stereocenters. The quantitative estimate of drug-likeness (QED) is 0.847. The number of rotatable bonds is 3. The van der Waals surface area contributed by atoms with Crippen LogP contribution in [0.4, 0.5) is 0 Å². The van der Waals surface area contributed by atoms with Crippen LogP contribution in [0.2, 0.25) is 0 Å². The lowest BCUT2D eigenvalue weighted by Crippen LogP contribution is -2.35. The second-order valence-electron chi connectivity index (χ2n) is 4.12. The fourth-order valence-corrected chi connectivity index (χ4v) is 2.35. The van der Waals surface area contributed by atoms with Crippen LogP contribution in [0.15, 0.2) is 18.2 Å². The molecule has 3 heteroatoms. The predicted octanol–water partition coefficient (Wildman–Crippen LogP) is 2.32. The van der Waals surface area contributed by atoms with Gasteiger partial charge in [-0.1, -0.05) is 19.4 Å². The maximum absolute atomic E-state index is 11.7. The second kappa shape index (κ2) is 4.56. The largest absolute Gasteiger partial charge is 0.496 e. The van der Waals surface area contributed by atoms with Gasteiger partial charge in [-0.25, -0.2) is 0 Å². The van der Waals surface area contributed by atoms with Crippen molar-refractivity contribution in [1.29, 1.82) is 0 Å². The standard InChI is InChI=1S/C13H17NO2/c1-3-5-9-8-14-13(15)10-6-4-7-11(16-2)12(9)10/h4,6-7,9H,3,5,8H2,1-2H3,(H,14,15). The zero-order chi connectivity index (χ0) is 11.5. The van der Waals surface area contributed by atoms with E-state index in [9.17, 15) is 4.79 Å². The van der Waals surface area contributed by atoms with Gasteiger partial charge in [0.15, 0.2) is 0 Å². The minimum atomic E-state index is 0.0150. The molecule has 1 aliphatic heterocycles. The van der Waals surface area contributed by atoms with Gasteiger partial charge in [0.1, 0.15) is 5.75 Å². The fourth-order valence-electron chi connectivity index (χ4n) is 2.35. The minimum Gasteiger partial charge on any atom is -0.496 e. The van der Waals surface area contributed by atoms with E-state index in [1.54, 1.807) is 7.11 Å². The van der Waals surface area contributed by atoms with E-state index in [-0.39, 0.29) is 5.91 Å². The molecule has 0 bridgehead atoms. The molecule has 0 aliphatic carbocycles. The number of nitrogens with one attached hydrogen (secondary N) is 1. The van der Waals surface area contributed by atoms with Gasteiger partial charge in [0.05, 0.1) is 7.11 Å². The maximum Gasteiger partial charge on any atom is 0.251 e. The smallest absolute Gasteiger partial charge is 0.251 e. The lowest BCUT2D eigenvalue weighted by Gasteiger charge is -2.27. The van der Waals surface area contributed by atoms with Gasteiger partial charge in [-0.05, 0) is 18.6 Å². The zero-order valence-corrected chi connectivity index (χ0v) is 9.75. The van der Waals surface area contributed by atoms with Crippen molar-refractivity contribution >= 4 is 5.91 Å². The number of methoxy groups -OCH3 is 1. The number of amides is 1. The number of carbonyl (C=O) groups is 1. The van der Waals surface area contributed by atoms with Crippen molar-refractivity contribution in [3.8, 4) is 5.75 Å². The first-order valence-corrected chi connectivity index (χ1v) is 5.73. The first-order valence-electron chi connectivity index (χ1n) is 5.73. The van der Waals surface area contributed by atoms with Crippen LogP contribution < -0.4 is 10.1 Å².